The van der Waals surface area contributed by atoms with Gasteiger partial charge in [-0.25, -0.2) is 0 Å². The number of anilines is 2. The van der Waals surface area contributed by atoms with Gasteiger partial charge in [-0.3, -0.25) is 4.79 Å². The Morgan fingerprint density at radius 1 is 1.30 bits per heavy atom. The fraction of sp³-hybridized carbons (Fsp3) is 0.312. The van der Waals surface area contributed by atoms with Crippen LogP contribution in [0.3, 0.4) is 0 Å². The van der Waals surface area contributed by atoms with Crippen LogP contribution in [-0.4, -0.2) is 5.91 Å². The molecule has 1 aromatic carbocycles. The molecule has 20 heavy (non-hydrogen) atoms. The van der Waals surface area contributed by atoms with E-state index >= 15 is 0 Å². The molecule has 3 N–H and O–H groups in total. The number of aryl methyl sites for hydroxylation is 2. The van der Waals surface area contributed by atoms with E-state index in [1.54, 1.807) is 6.07 Å². The van der Waals surface area contributed by atoms with Gasteiger partial charge in [0, 0.05) is 16.3 Å². The van der Waals surface area contributed by atoms with Crippen molar-refractivity contribution in [1.29, 1.82) is 0 Å². The Morgan fingerprint density at radius 2 is 2.00 bits per heavy atom. The third-order valence-corrected chi connectivity index (χ3v) is 4.41. The van der Waals surface area contributed by atoms with E-state index in [0.717, 1.165) is 21.7 Å². The second-order valence-electron chi connectivity index (χ2n) is 5.27. The lowest BCUT2D eigenvalue weighted by Crippen LogP contribution is -2.13. The van der Waals surface area contributed by atoms with E-state index in [1.165, 1.54) is 11.3 Å². The number of rotatable bonds is 3. The van der Waals surface area contributed by atoms with Crippen LogP contribution in [0.5, 0.6) is 0 Å². The number of carbonyl (C=O) groups is 1. The zero-order chi connectivity index (χ0) is 14.9. The summed E-state index contributed by atoms with van der Waals surface area (Å²) in [7, 11) is 0. The van der Waals surface area contributed by atoms with Crippen molar-refractivity contribution < 1.29 is 4.79 Å². The summed E-state index contributed by atoms with van der Waals surface area (Å²) in [6, 6.07) is 7.83. The minimum Gasteiger partial charge on any atom is -0.398 e. The number of hydrogen-bond acceptors (Lipinski definition) is 3. The van der Waals surface area contributed by atoms with Gasteiger partial charge in [0.25, 0.3) is 5.91 Å². The Morgan fingerprint density at radius 3 is 2.55 bits per heavy atom. The third-order valence-electron chi connectivity index (χ3n) is 3.35. The number of hydrogen-bond donors (Lipinski definition) is 2. The number of nitrogens with one attached hydrogen (secondary N) is 1. The van der Waals surface area contributed by atoms with Crippen molar-refractivity contribution in [3.05, 3.63) is 45.1 Å². The van der Waals surface area contributed by atoms with Crippen LogP contribution in [0.1, 0.15) is 45.4 Å². The van der Waals surface area contributed by atoms with Crippen LogP contribution >= 0.6 is 11.3 Å². The molecule has 0 radical (unpaired) electrons. The lowest BCUT2D eigenvalue weighted by Gasteiger charge is -2.16. The SMILES string of the molecule is Cc1cccc(C(C)C)c1NC(=O)c1cc(N)c(C)s1. The van der Waals surface area contributed by atoms with E-state index in [-0.39, 0.29) is 5.91 Å². The van der Waals surface area contributed by atoms with E-state index in [0.29, 0.717) is 16.5 Å². The number of para-hydroxylation sites is 1. The van der Waals surface area contributed by atoms with Gasteiger partial charge in [-0.2, -0.15) is 0 Å². The summed E-state index contributed by atoms with van der Waals surface area (Å²) in [5, 5.41) is 3.03. The monoisotopic (exact) mass is 288 g/mol. The highest BCUT2D eigenvalue weighted by Gasteiger charge is 2.15. The molecule has 2 aromatic rings. The van der Waals surface area contributed by atoms with Gasteiger partial charge in [0.2, 0.25) is 0 Å². The van der Waals surface area contributed by atoms with Crippen LogP contribution in [0, 0.1) is 13.8 Å². The van der Waals surface area contributed by atoms with Crippen molar-refractivity contribution in [2.75, 3.05) is 11.1 Å². The molecule has 106 valence electrons. The van der Waals surface area contributed by atoms with Crippen molar-refractivity contribution in [2.45, 2.75) is 33.6 Å². The standard InChI is InChI=1S/C16H20N2OS/c1-9(2)12-7-5-6-10(3)15(12)18-16(19)14-8-13(17)11(4)20-14/h5-9H,17H2,1-4H3,(H,18,19). The van der Waals surface area contributed by atoms with Gasteiger partial charge in [-0.1, -0.05) is 32.0 Å². The van der Waals surface area contributed by atoms with E-state index in [4.69, 9.17) is 5.73 Å². The lowest BCUT2D eigenvalue weighted by atomic mass is 9.98. The normalized spacial score (nSPS) is 10.8. The summed E-state index contributed by atoms with van der Waals surface area (Å²) >= 11 is 1.42. The maximum Gasteiger partial charge on any atom is 0.265 e. The average molecular weight is 288 g/mol. The van der Waals surface area contributed by atoms with E-state index in [1.807, 2.05) is 26.0 Å². The highest BCUT2D eigenvalue weighted by molar-refractivity contribution is 7.14. The molecule has 0 aliphatic rings. The second kappa shape index (κ2) is 5.67. The molecule has 1 amide bonds. The number of benzene rings is 1. The predicted molar refractivity (Wildman–Crippen MR) is 86.7 cm³/mol. The maximum atomic E-state index is 12.4. The molecule has 3 nitrogen and oxygen atoms in total. The molecule has 0 saturated heterocycles. The van der Waals surface area contributed by atoms with Crippen LogP contribution in [0.4, 0.5) is 11.4 Å². The molecule has 4 heteroatoms. The predicted octanol–water partition coefficient (Wildman–Crippen LogP) is 4.32. The van der Waals surface area contributed by atoms with Crippen LogP contribution in [-0.2, 0) is 0 Å². The fourth-order valence-electron chi connectivity index (χ4n) is 2.13. The highest BCUT2D eigenvalue weighted by Crippen LogP contribution is 2.29. The first-order chi connectivity index (χ1) is 9.40. The van der Waals surface area contributed by atoms with Gasteiger partial charge >= 0.3 is 0 Å². The van der Waals surface area contributed by atoms with Crippen LogP contribution < -0.4 is 11.1 Å². The quantitative estimate of drug-likeness (QED) is 0.883. The minimum atomic E-state index is -0.0917. The molecular formula is C16H20N2OS. The van der Waals surface area contributed by atoms with Crippen molar-refractivity contribution in [3.8, 4) is 0 Å². The van der Waals surface area contributed by atoms with E-state index in [9.17, 15) is 4.79 Å². The first kappa shape index (κ1) is 14.6. The molecule has 0 aliphatic carbocycles. The molecule has 0 spiro atoms. The molecule has 0 aliphatic heterocycles. The molecule has 0 fully saturated rings. The zero-order valence-electron chi connectivity index (χ0n) is 12.3. The number of nitrogens with two attached hydrogens (primary N) is 1. The highest BCUT2D eigenvalue weighted by atomic mass is 32.1. The molecule has 0 atom stereocenters. The molecule has 0 saturated carbocycles. The smallest absolute Gasteiger partial charge is 0.265 e. The molecule has 2 rings (SSSR count). The molecular weight excluding hydrogens is 268 g/mol. The first-order valence-corrected chi connectivity index (χ1v) is 7.48. The summed E-state index contributed by atoms with van der Waals surface area (Å²) < 4.78 is 0. The van der Waals surface area contributed by atoms with Gasteiger partial charge in [0.15, 0.2) is 0 Å². The molecule has 1 aromatic heterocycles. The number of amides is 1. The van der Waals surface area contributed by atoms with Gasteiger partial charge < -0.3 is 11.1 Å². The Kier molecular flexibility index (Phi) is 4.14. The van der Waals surface area contributed by atoms with Crippen LogP contribution in [0.2, 0.25) is 0 Å². The Hall–Kier alpha value is -1.81. The maximum absolute atomic E-state index is 12.4. The minimum absolute atomic E-state index is 0.0917. The van der Waals surface area contributed by atoms with Crippen molar-refractivity contribution in [3.63, 3.8) is 0 Å². The summed E-state index contributed by atoms with van der Waals surface area (Å²) in [6.07, 6.45) is 0. The Balaban J connectivity index is 2.32. The van der Waals surface area contributed by atoms with Crippen molar-refractivity contribution in [2.24, 2.45) is 0 Å². The average Bonchev–Trinajstić information content (AvgIpc) is 2.72. The van der Waals surface area contributed by atoms with Gasteiger partial charge in [0.05, 0.1) is 4.88 Å². The zero-order valence-corrected chi connectivity index (χ0v) is 13.1. The van der Waals surface area contributed by atoms with Crippen LogP contribution in [0.15, 0.2) is 24.3 Å². The summed E-state index contributed by atoms with van der Waals surface area (Å²) in [5.74, 6) is 0.270. The molecule has 1 heterocycles. The second-order valence-corrected chi connectivity index (χ2v) is 6.53. The van der Waals surface area contributed by atoms with Crippen LogP contribution in [0.25, 0.3) is 0 Å². The van der Waals surface area contributed by atoms with Gasteiger partial charge in [-0.05, 0) is 37.0 Å². The van der Waals surface area contributed by atoms with Crippen molar-refractivity contribution >= 4 is 28.6 Å². The van der Waals surface area contributed by atoms with Gasteiger partial charge in [0.1, 0.15) is 0 Å². The summed E-state index contributed by atoms with van der Waals surface area (Å²) in [4.78, 5) is 14.0. The number of nitrogen functional groups attached to an aromatic ring is 1. The Labute approximate surface area is 123 Å². The molecule has 0 bridgehead atoms. The summed E-state index contributed by atoms with van der Waals surface area (Å²) in [5.41, 5.74) is 9.63. The Bertz CT molecular complexity index is 624. The van der Waals surface area contributed by atoms with E-state index in [2.05, 4.69) is 25.2 Å². The largest absolute Gasteiger partial charge is 0.398 e. The van der Waals surface area contributed by atoms with Crippen molar-refractivity contribution in [1.82, 2.24) is 0 Å². The first-order valence-electron chi connectivity index (χ1n) is 6.67. The van der Waals surface area contributed by atoms with E-state index < -0.39 is 0 Å². The number of carbonyl (C=O) groups excluding carboxylic acids is 1. The number of thiophene rings is 1. The third kappa shape index (κ3) is 2.85. The fourth-order valence-corrected chi connectivity index (χ4v) is 2.96. The molecule has 0 unspecified atom stereocenters. The lowest BCUT2D eigenvalue weighted by molar-refractivity contribution is 0.103. The topological polar surface area (TPSA) is 55.1 Å². The van der Waals surface area contributed by atoms with Gasteiger partial charge in [-0.15, -0.1) is 11.3 Å². The summed E-state index contributed by atoms with van der Waals surface area (Å²) in [6.45, 7) is 8.18.